The average Bonchev–Trinajstić information content (AvgIpc) is 2.58. The summed E-state index contributed by atoms with van der Waals surface area (Å²) in [6.45, 7) is 5.22. The summed E-state index contributed by atoms with van der Waals surface area (Å²) in [4.78, 5) is 12.0. The Bertz CT molecular complexity index is 655. The number of hydrogen-bond donors (Lipinski definition) is 2. The van der Waals surface area contributed by atoms with Gasteiger partial charge in [-0.3, -0.25) is 4.79 Å². The highest BCUT2D eigenvalue weighted by Gasteiger charge is 2.10. The van der Waals surface area contributed by atoms with Gasteiger partial charge in [0.2, 0.25) is 5.91 Å². The van der Waals surface area contributed by atoms with Crippen molar-refractivity contribution < 1.29 is 4.79 Å². The number of carbonyl (C=O) groups excluding carboxylic acids is 1. The molecule has 0 aromatic heterocycles. The van der Waals surface area contributed by atoms with Gasteiger partial charge >= 0.3 is 0 Å². The fourth-order valence-electron chi connectivity index (χ4n) is 2.70. The molecule has 0 spiro atoms. The van der Waals surface area contributed by atoms with E-state index in [-0.39, 0.29) is 11.9 Å². The maximum atomic E-state index is 12.0. The standard InChI is InChI=1S/C20H25BrN2O/c1-3-19(17-8-10-18(21)11-9-17)23-14-20(24)22-13-12-16-7-5-4-6-15(16)2/h4-11,19,23H,3,12-14H2,1-2H3,(H,22,24)/t19-/m1/s1. The molecule has 2 N–H and O–H groups in total. The molecule has 0 fully saturated rings. The lowest BCUT2D eigenvalue weighted by Crippen LogP contribution is -2.36. The molecule has 0 saturated carbocycles. The first-order chi connectivity index (χ1) is 11.6. The minimum atomic E-state index is 0.0409. The second kappa shape index (κ2) is 9.60. The van der Waals surface area contributed by atoms with E-state index in [0.717, 1.165) is 17.3 Å². The third-order valence-corrected chi connectivity index (χ3v) is 4.70. The molecule has 0 aliphatic carbocycles. The van der Waals surface area contributed by atoms with Crippen LogP contribution in [0.1, 0.15) is 36.1 Å². The second-order valence-corrected chi connectivity index (χ2v) is 6.84. The number of halogens is 1. The monoisotopic (exact) mass is 388 g/mol. The Kier molecular flexibility index (Phi) is 7.47. The Morgan fingerprint density at radius 1 is 1.12 bits per heavy atom. The van der Waals surface area contributed by atoms with E-state index in [1.165, 1.54) is 16.7 Å². The molecular formula is C20H25BrN2O. The van der Waals surface area contributed by atoms with Crippen molar-refractivity contribution in [3.8, 4) is 0 Å². The zero-order valence-electron chi connectivity index (χ0n) is 14.3. The molecule has 0 bridgehead atoms. The molecule has 3 nitrogen and oxygen atoms in total. The van der Waals surface area contributed by atoms with Crippen LogP contribution in [0.2, 0.25) is 0 Å². The van der Waals surface area contributed by atoms with Crippen LogP contribution in [0.25, 0.3) is 0 Å². The van der Waals surface area contributed by atoms with Crippen molar-refractivity contribution in [1.82, 2.24) is 10.6 Å². The van der Waals surface area contributed by atoms with Crippen molar-refractivity contribution in [3.05, 3.63) is 69.7 Å². The SMILES string of the molecule is CC[C@@H](NCC(=O)NCCc1ccccc1C)c1ccc(Br)cc1. The highest BCUT2D eigenvalue weighted by atomic mass is 79.9. The number of benzene rings is 2. The van der Waals surface area contributed by atoms with Crippen LogP contribution in [-0.4, -0.2) is 19.0 Å². The predicted octanol–water partition coefficient (Wildman–Crippen LogP) is 4.16. The molecule has 4 heteroatoms. The van der Waals surface area contributed by atoms with Crippen LogP contribution in [0.5, 0.6) is 0 Å². The van der Waals surface area contributed by atoms with E-state index in [1.54, 1.807) is 0 Å². The van der Waals surface area contributed by atoms with E-state index in [1.807, 2.05) is 24.3 Å². The van der Waals surface area contributed by atoms with E-state index in [4.69, 9.17) is 0 Å². The average molecular weight is 389 g/mol. The van der Waals surface area contributed by atoms with Gasteiger partial charge in [-0.25, -0.2) is 0 Å². The molecule has 24 heavy (non-hydrogen) atoms. The van der Waals surface area contributed by atoms with Gasteiger partial charge in [-0.2, -0.15) is 0 Å². The van der Waals surface area contributed by atoms with E-state index >= 15 is 0 Å². The minimum absolute atomic E-state index is 0.0409. The molecule has 2 rings (SSSR count). The fraction of sp³-hybridized carbons (Fsp3) is 0.350. The normalized spacial score (nSPS) is 12.0. The maximum Gasteiger partial charge on any atom is 0.233 e. The first kappa shape index (κ1) is 18.7. The van der Waals surface area contributed by atoms with Crippen LogP contribution in [0.4, 0.5) is 0 Å². The van der Waals surface area contributed by atoms with E-state index in [2.05, 4.69) is 64.7 Å². The summed E-state index contributed by atoms with van der Waals surface area (Å²) < 4.78 is 1.06. The summed E-state index contributed by atoms with van der Waals surface area (Å²) in [6.07, 6.45) is 1.81. The number of hydrogen-bond acceptors (Lipinski definition) is 2. The molecule has 1 amide bonds. The van der Waals surface area contributed by atoms with Crippen LogP contribution in [0.3, 0.4) is 0 Å². The largest absolute Gasteiger partial charge is 0.355 e. The first-order valence-corrected chi connectivity index (χ1v) is 9.19. The molecule has 0 saturated heterocycles. The molecule has 0 aliphatic heterocycles. The van der Waals surface area contributed by atoms with Gasteiger partial charge in [-0.05, 0) is 48.6 Å². The summed E-state index contributed by atoms with van der Waals surface area (Å²) in [5, 5.41) is 6.33. The van der Waals surface area contributed by atoms with Crippen molar-refractivity contribution in [2.45, 2.75) is 32.7 Å². The first-order valence-electron chi connectivity index (χ1n) is 8.40. The number of rotatable bonds is 8. The van der Waals surface area contributed by atoms with Crippen LogP contribution in [0, 0.1) is 6.92 Å². The fourth-order valence-corrected chi connectivity index (χ4v) is 2.96. The predicted molar refractivity (Wildman–Crippen MR) is 103 cm³/mol. The summed E-state index contributed by atoms with van der Waals surface area (Å²) >= 11 is 3.45. The molecule has 2 aromatic carbocycles. The highest BCUT2D eigenvalue weighted by Crippen LogP contribution is 2.19. The number of amides is 1. The second-order valence-electron chi connectivity index (χ2n) is 5.92. The Hall–Kier alpha value is -1.65. The van der Waals surface area contributed by atoms with Crippen molar-refractivity contribution in [3.63, 3.8) is 0 Å². The molecule has 128 valence electrons. The third-order valence-electron chi connectivity index (χ3n) is 4.17. The summed E-state index contributed by atoms with van der Waals surface area (Å²) in [5.74, 6) is 0.0409. The van der Waals surface area contributed by atoms with Crippen LogP contribution >= 0.6 is 15.9 Å². The van der Waals surface area contributed by atoms with Gasteiger partial charge in [0, 0.05) is 17.1 Å². The number of nitrogens with one attached hydrogen (secondary N) is 2. The van der Waals surface area contributed by atoms with Gasteiger partial charge in [0.15, 0.2) is 0 Å². The van der Waals surface area contributed by atoms with E-state index in [0.29, 0.717) is 13.1 Å². The van der Waals surface area contributed by atoms with Crippen LogP contribution in [-0.2, 0) is 11.2 Å². The lowest BCUT2D eigenvalue weighted by Gasteiger charge is -2.17. The zero-order valence-corrected chi connectivity index (χ0v) is 15.9. The van der Waals surface area contributed by atoms with Gasteiger partial charge in [0.05, 0.1) is 6.54 Å². The minimum Gasteiger partial charge on any atom is -0.355 e. The third kappa shape index (κ3) is 5.77. The molecular weight excluding hydrogens is 364 g/mol. The molecule has 0 heterocycles. The molecule has 0 radical (unpaired) electrons. The van der Waals surface area contributed by atoms with Crippen LogP contribution < -0.4 is 10.6 Å². The zero-order chi connectivity index (χ0) is 17.4. The smallest absolute Gasteiger partial charge is 0.233 e. The number of aryl methyl sites for hydroxylation is 1. The highest BCUT2D eigenvalue weighted by molar-refractivity contribution is 9.10. The molecule has 2 aromatic rings. The number of carbonyl (C=O) groups is 1. The summed E-state index contributed by atoms with van der Waals surface area (Å²) in [7, 11) is 0. The molecule has 1 atom stereocenters. The lowest BCUT2D eigenvalue weighted by molar-refractivity contribution is -0.120. The van der Waals surface area contributed by atoms with Gasteiger partial charge in [0.25, 0.3) is 0 Å². The van der Waals surface area contributed by atoms with Gasteiger partial charge in [-0.15, -0.1) is 0 Å². The maximum absolute atomic E-state index is 12.0. The van der Waals surface area contributed by atoms with Crippen molar-refractivity contribution in [2.24, 2.45) is 0 Å². The Morgan fingerprint density at radius 3 is 2.50 bits per heavy atom. The van der Waals surface area contributed by atoms with Crippen molar-refractivity contribution >= 4 is 21.8 Å². The molecule has 0 aliphatic rings. The molecule has 0 unspecified atom stereocenters. The lowest BCUT2D eigenvalue weighted by atomic mass is 10.0. The quantitative estimate of drug-likeness (QED) is 0.712. The van der Waals surface area contributed by atoms with Crippen molar-refractivity contribution in [2.75, 3.05) is 13.1 Å². The van der Waals surface area contributed by atoms with Crippen molar-refractivity contribution in [1.29, 1.82) is 0 Å². The van der Waals surface area contributed by atoms with Crippen LogP contribution in [0.15, 0.2) is 53.0 Å². The van der Waals surface area contributed by atoms with Gasteiger partial charge < -0.3 is 10.6 Å². The van der Waals surface area contributed by atoms with Gasteiger partial charge in [0.1, 0.15) is 0 Å². The Morgan fingerprint density at radius 2 is 1.83 bits per heavy atom. The topological polar surface area (TPSA) is 41.1 Å². The van der Waals surface area contributed by atoms with E-state index in [9.17, 15) is 4.79 Å². The van der Waals surface area contributed by atoms with E-state index < -0.39 is 0 Å². The Balaban J connectivity index is 1.75. The van der Waals surface area contributed by atoms with Gasteiger partial charge in [-0.1, -0.05) is 59.3 Å². The summed E-state index contributed by atoms with van der Waals surface area (Å²) in [6, 6.07) is 16.7. The summed E-state index contributed by atoms with van der Waals surface area (Å²) in [5.41, 5.74) is 3.76. The Labute approximate surface area is 153 Å².